The number of benzene rings is 1. The Bertz CT molecular complexity index is 437. The Kier molecular flexibility index (Phi) is 2.96. The summed E-state index contributed by atoms with van der Waals surface area (Å²) in [5.74, 6) is 0.775. The average molecular weight is 245 g/mol. The summed E-state index contributed by atoms with van der Waals surface area (Å²) in [6.45, 7) is 1.23. The molecule has 1 aromatic rings. The van der Waals surface area contributed by atoms with Gasteiger partial charge in [-0.3, -0.25) is 4.79 Å². The van der Waals surface area contributed by atoms with Gasteiger partial charge < -0.3 is 10.5 Å². The molecule has 1 heterocycles. The molecule has 0 bridgehead atoms. The fraction of sp³-hybridized carbons (Fsp3) is 0.533. The second kappa shape index (κ2) is 4.48. The molecule has 18 heavy (non-hydrogen) atoms. The monoisotopic (exact) mass is 245 g/mol. The molecule has 1 saturated carbocycles. The van der Waals surface area contributed by atoms with E-state index in [2.05, 4.69) is 12.1 Å². The molecule has 0 radical (unpaired) electrons. The van der Waals surface area contributed by atoms with Crippen LogP contribution in [0, 0.1) is 5.92 Å². The fourth-order valence-corrected chi connectivity index (χ4v) is 2.90. The van der Waals surface area contributed by atoms with Gasteiger partial charge in [-0.1, -0.05) is 30.3 Å². The van der Waals surface area contributed by atoms with Gasteiger partial charge in [-0.2, -0.15) is 0 Å². The van der Waals surface area contributed by atoms with Crippen molar-refractivity contribution >= 4 is 5.78 Å². The van der Waals surface area contributed by atoms with E-state index in [1.807, 2.05) is 18.2 Å². The van der Waals surface area contributed by atoms with E-state index in [0.29, 0.717) is 32.0 Å². The zero-order chi connectivity index (χ0) is 12.6. The van der Waals surface area contributed by atoms with Crippen molar-refractivity contribution in [3.63, 3.8) is 0 Å². The van der Waals surface area contributed by atoms with E-state index < -0.39 is 5.54 Å². The summed E-state index contributed by atoms with van der Waals surface area (Å²) in [6, 6.07) is 10.3. The molecule has 0 spiro atoms. The Morgan fingerprint density at radius 3 is 2.56 bits per heavy atom. The Morgan fingerprint density at radius 1 is 1.22 bits per heavy atom. The number of hydrogen-bond acceptors (Lipinski definition) is 3. The molecular weight excluding hydrogens is 226 g/mol. The molecule has 3 rings (SSSR count). The summed E-state index contributed by atoms with van der Waals surface area (Å²) >= 11 is 0. The highest BCUT2D eigenvalue weighted by molar-refractivity contribution is 5.93. The number of rotatable bonds is 3. The lowest BCUT2D eigenvalue weighted by atomic mass is 9.84. The molecule has 2 atom stereocenters. The van der Waals surface area contributed by atoms with E-state index in [0.717, 1.165) is 6.42 Å². The number of hydrogen-bond donors (Lipinski definition) is 1. The summed E-state index contributed by atoms with van der Waals surface area (Å²) in [4.78, 5) is 12.5. The number of ether oxygens (including phenoxy) is 1. The molecule has 1 aromatic carbocycles. The second-order valence-electron chi connectivity index (χ2n) is 5.49. The van der Waals surface area contributed by atoms with Gasteiger partial charge in [0.2, 0.25) is 0 Å². The quantitative estimate of drug-likeness (QED) is 0.884. The molecule has 1 aliphatic carbocycles. The normalized spacial score (nSPS) is 29.8. The first kappa shape index (κ1) is 11.9. The van der Waals surface area contributed by atoms with E-state index >= 15 is 0 Å². The minimum absolute atomic E-state index is 0.135. The third kappa shape index (κ3) is 2.08. The Morgan fingerprint density at radius 2 is 1.89 bits per heavy atom. The maximum atomic E-state index is 12.5. The van der Waals surface area contributed by atoms with Crippen LogP contribution in [-0.4, -0.2) is 24.5 Å². The summed E-state index contributed by atoms with van der Waals surface area (Å²) in [6.07, 6.45) is 2.30. The van der Waals surface area contributed by atoms with Gasteiger partial charge in [-0.25, -0.2) is 0 Å². The first-order chi connectivity index (χ1) is 8.71. The predicted molar refractivity (Wildman–Crippen MR) is 69.3 cm³/mol. The summed E-state index contributed by atoms with van der Waals surface area (Å²) < 4.78 is 5.29. The summed E-state index contributed by atoms with van der Waals surface area (Å²) in [5.41, 5.74) is 6.89. The van der Waals surface area contributed by atoms with Gasteiger partial charge in [0, 0.05) is 19.1 Å². The largest absolute Gasteiger partial charge is 0.381 e. The van der Waals surface area contributed by atoms with Crippen LogP contribution in [-0.2, 0) is 9.53 Å². The van der Waals surface area contributed by atoms with Gasteiger partial charge in [-0.05, 0) is 30.7 Å². The standard InChI is InChI=1S/C15H19NO2/c16-15(6-8-18-9-7-15)14(17)13-10-12(13)11-4-2-1-3-5-11/h1-5,12-13H,6-10,16H2. The summed E-state index contributed by atoms with van der Waals surface area (Å²) in [7, 11) is 0. The third-order valence-electron chi connectivity index (χ3n) is 4.23. The van der Waals surface area contributed by atoms with E-state index in [4.69, 9.17) is 10.5 Å². The van der Waals surface area contributed by atoms with Crippen LogP contribution in [0.4, 0.5) is 0 Å². The van der Waals surface area contributed by atoms with Crippen LogP contribution in [0.1, 0.15) is 30.7 Å². The highest BCUT2D eigenvalue weighted by atomic mass is 16.5. The van der Waals surface area contributed by atoms with E-state index in [1.165, 1.54) is 5.56 Å². The van der Waals surface area contributed by atoms with Crippen LogP contribution in [0.2, 0.25) is 0 Å². The van der Waals surface area contributed by atoms with Crippen LogP contribution in [0.3, 0.4) is 0 Å². The maximum absolute atomic E-state index is 12.5. The van der Waals surface area contributed by atoms with Crippen molar-refractivity contribution in [2.75, 3.05) is 13.2 Å². The van der Waals surface area contributed by atoms with Gasteiger partial charge in [0.05, 0.1) is 5.54 Å². The lowest BCUT2D eigenvalue weighted by molar-refractivity contribution is -0.128. The smallest absolute Gasteiger partial charge is 0.156 e. The van der Waals surface area contributed by atoms with Gasteiger partial charge in [-0.15, -0.1) is 0 Å². The number of ketones is 1. The van der Waals surface area contributed by atoms with Gasteiger partial charge in [0.25, 0.3) is 0 Å². The molecule has 1 aliphatic heterocycles. The van der Waals surface area contributed by atoms with Crippen molar-refractivity contribution in [1.82, 2.24) is 0 Å². The minimum atomic E-state index is -0.632. The fourth-order valence-electron chi connectivity index (χ4n) is 2.90. The third-order valence-corrected chi connectivity index (χ3v) is 4.23. The molecular formula is C15H19NO2. The van der Waals surface area contributed by atoms with Gasteiger partial charge >= 0.3 is 0 Å². The Hall–Kier alpha value is -1.19. The number of nitrogens with two attached hydrogens (primary N) is 1. The first-order valence-electron chi connectivity index (χ1n) is 6.67. The molecule has 0 amide bonds. The zero-order valence-electron chi connectivity index (χ0n) is 10.5. The van der Waals surface area contributed by atoms with E-state index in [9.17, 15) is 4.79 Å². The molecule has 96 valence electrons. The summed E-state index contributed by atoms with van der Waals surface area (Å²) in [5, 5.41) is 0. The molecule has 2 fully saturated rings. The predicted octanol–water partition coefficient (Wildman–Crippen LogP) is 1.87. The van der Waals surface area contributed by atoms with E-state index in [-0.39, 0.29) is 11.7 Å². The number of carbonyl (C=O) groups excluding carboxylic acids is 1. The van der Waals surface area contributed by atoms with Gasteiger partial charge in [0.1, 0.15) is 0 Å². The maximum Gasteiger partial charge on any atom is 0.156 e. The number of Topliss-reactive ketones (excluding diaryl/α,β-unsaturated/α-hetero) is 1. The SMILES string of the molecule is NC1(C(=O)C2CC2c2ccccc2)CCOCC1. The van der Waals surface area contributed by atoms with Crippen molar-refractivity contribution in [2.45, 2.75) is 30.7 Å². The molecule has 2 unspecified atom stereocenters. The second-order valence-corrected chi connectivity index (χ2v) is 5.49. The van der Waals surface area contributed by atoms with Crippen LogP contribution < -0.4 is 5.73 Å². The van der Waals surface area contributed by atoms with Crippen molar-refractivity contribution < 1.29 is 9.53 Å². The highest BCUT2D eigenvalue weighted by Gasteiger charge is 2.50. The topological polar surface area (TPSA) is 52.3 Å². The van der Waals surface area contributed by atoms with Crippen molar-refractivity contribution in [3.05, 3.63) is 35.9 Å². The molecule has 3 heteroatoms. The van der Waals surface area contributed by atoms with Crippen molar-refractivity contribution in [1.29, 1.82) is 0 Å². The molecule has 2 aliphatic rings. The zero-order valence-corrected chi connectivity index (χ0v) is 10.5. The van der Waals surface area contributed by atoms with Crippen LogP contribution >= 0.6 is 0 Å². The number of carbonyl (C=O) groups is 1. The highest BCUT2D eigenvalue weighted by Crippen LogP contribution is 2.50. The Labute approximate surface area is 107 Å². The van der Waals surface area contributed by atoms with Crippen LogP contribution in [0.5, 0.6) is 0 Å². The van der Waals surface area contributed by atoms with Crippen LogP contribution in [0.25, 0.3) is 0 Å². The van der Waals surface area contributed by atoms with E-state index in [1.54, 1.807) is 0 Å². The molecule has 1 saturated heterocycles. The van der Waals surface area contributed by atoms with Gasteiger partial charge in [0.15, 0.2) is 5.78 Å². The van der Waals surface area contributed by atoms with Crippen molar-refractivity contribution in [2.24, 2.45) is 11.7 Å². The average Bonchev–Trinajstić information content (AvgIpc) is 3.20. The molecule has 2 N–H and O–H groups in total. The molecule has 0 aromatic heterocycles. The van der Waals surface area contributed by atoms with Crippen LogP contribution in [0.15, 0.2) is 30.3 Å². The lowest BCUT2D eigenvalue weighted by Gasteiger charge is -2.32. The Balaban J connectivity index is 1.69. The lowest BCUT2D eigenvalue weighted by Crippen LogP contribution is -2.52. The first-order valence-corrected chi connectivity index (χ1v) is 6.67. The molecule has 3 nitrogen and oxygen atoms in total. The minimum Gasteiger partial charge on any atom is -0.381 e. The van der Waals surface area contributed by atoms with Crippen molar-refractivity contribution in [3.8, 4) is 0 Å².